The van der Waals surface area contributed by atoms with Crippen LogP contribution in [0, 0.1) is 0 Å². The molecule has 1 saturated heterocycles. The maximum Gasteiger partial charge on any atom is 0.270 e. The van der Waals surface area contributed by atoms with E-state index in [0.29, 0.717) is 27.2 Å². The molecular weight excluding hydrogens is 429 g/mol. The molecular formula is C22H22Cl3N3O. The Bertz CT molecular complexity index is 945. The van der Waals surface area contributed by atoms with Crippen molar-refractivity contribution in [3.8, 4) is 0 Å². The fourth-order valence-electron chi connectivity index (χ4n) is 4.04. The van der Waals surface area contributed by atoms with Crippen molar-refractivity contribution in [3.05, 3.63) is 63.1 Å². The van der Waals surface area contributed by atoms with E-state index < -0.39 is 0 Å². The van der Waals surface area contributed by atoms with E-state index in [1.165, 1.54) is 0 Å². The van der Waals surface area contributed by atoms with E-state index in [2.05, 4.69) is 6.92 Å². The highest BCUT2D eigenvalue weighted by Crippen LogP contribution is 2.40. The first-order valence-electron chi connectivity index (χ1n) is 9.82. The summed E-state index contributed by atoms with van der Waals surface area (Å²) < 4.78 is 0. The predicted molar refractivity (Wildman–Crippen MR) is 120 cm³/mol. The molecule has 2 atom stereocenters. The van der Waals surface area contributed by atoms with Crippen molar-refractivity contribution in [2.24, 2.45) is 5.10 Å². The Kier molecular flexibility index (Phi) is 6.05. The van der Waals surface area contributed by atoms with E-state index >= 15 is 0 Å². The number of carbonyl (C=O) groups is 1. The number of amides is 1. The summed E-state index contributed by atoms with van der Waals surface area (Å²) in [5.74, 6) is 0.0174. The second-order valence-electron chi connectivity index (χ2n) is 7.60. The molecule has 0 radical (unpaired) electrons. The average Bonchev–Trinajstić information content (AvgIpc) is 3.13. The predicted octanol–water partition coefficient (Wildman–Crippen LogP) is 6.36. The molecule has 4 nitrogen and oxygen atoms in total. The van der Waals surface area contributed by atoms with Gasteiger partial charge in [-0.25, -0.2) is 0 Å². The van der Waals surface area contributed by atoms with Gasteiger partial charge in [0.15, 0.2) is 0 Å². The van der Waals surface area contributed by atoms with Crippen LogP contribution >= 0.6 is 34.8 Å². The molecule has 0 aliphatic carbocycles. The first-order valence-corrected chi connectivity index (χ1v) is 11.0. The van der Waals surface area contributed by atoms with Gasteiger partial charge in [-0.2, -0.15) is 5.10 Å². The van der Waals surface area contributed by atoms with Gasteiger partial charge in [-0.15, -0.1) is 0 Å². The maximum atomic E-state index is 13.3. The normalized spacial score (nSPS) is 22.0. The third-order valence-electron chi connectivity index (χ3n) is 5.63. The summed E-state index contributed by atoms with van der Waals surface area (Å²) in [5.41, 5.74) is 2.31. The maximum absolute atomic E-state index is 13.3. The summed E-state index contributed by atoms with van der Waals surface area (Å²) >= 11 is 18.6. The highest BCUT2D eigenvalue weighted by Gasteiger charge is 2.36. The Morgan fingerprint density at radius 1 is 1.03 bits per heavy atom. The molecule has 2 unspecified atom stereocenters. The number of benzene rings is 2. The zero-order chi connectivity index (χ0) is 20.5. The molecule has 2 aromatic rings. The number of anilines is 1. The quantitative estimate of drug-likeness (QED) is 0.546. The lowest BCUT2D eigenvalue weighted by Crippen LogP contribution is -2.45. The molecule has 7 heteroatoms. The Balaban J connectivity index is 1.70. The highest BCUT2D eigenvalue weighted by molar-refractivity contribution is 6.40. The number of halogens is 3. The summed E-state index contributed by atoms with van der Waals surface area (Å²) in [4.78, 5) is 15.2. The second-order valence-corrected chi connectivity index (χ2v) is 8.88. The molecule has 1 fully saturated rings. The van der Waals surface area contributed by atoms with Crippen LogP contribution in [0.5, 0.6) is 0 Å². The van der Waals surface area contributed by atoms with Gasteiger partial charge in [0.25, 0.3) is 5.91 Å². The number of hydrazone groups is 1. The molecule has 2 aliphatic rings. The summed E-state index contributed by atoms with van der Waals surface area (Å²) in [5, 5.41) is 8.30. The van der Waals surface area contributed by atoms with Crippen molar-refractivity contribution in [3.63, 3.8) is 0 Å². The Morgan fingerprint density at radius 2 is 1.76 bits per heavy atom. The molecule has 29 heavy (non-hydrogen) atoms. The van der Waals surface area contributed by atoms with Crippen LogP contribution in [0.1, 0.15) is 44.2 Å². The van der Waals surface area contributed by atoms with E-state index in [9.17, 15) is 4.79 Å². The van der Waals surface area contributed by atoms with E-state index in [-0.39, 0.29) is 18.0 Å². The van der Waals surface area contributed by atoms with Gasteiger partial charge in [0.2, 0.25) is 0 Å². The van der Waals surface area contributed by atoms with Crippen LogP contribution in [0.15, 0.2) is 47.6 Å². The lowest BCUT2D eigenvalue weighted by Gasteiger charge is -2.33. The van der Waals surface area contributed by atoms with Crippen LogP contribution < -0.4 is 5.01 Å². The van der Waals surface area contributed by atoms with E-state index in [1.807, 2.05) is 40.2 Å². The molecule has 0 N–H and O–H groups in total. The van der Waals surface area contributed by atoms with Crippen LogP contribution in [-0.2, 0) is 4.79 Å². The number of carbonyl (C=O) groups excluding carboxylic acids is 1. The summed E-state index contributed by atoms with van der Waals surface area (Å²) in [6.45, 7) is 2.89. The zero-order valence-corrected chi connectivity index (χ0v) is 18.4. The molecule has 1 amide bonds. The number of nitrogens with zero attached hydrogens (tertiary/aromatic N) is 3. The van der Waals surface area contributed by atoms with Crippen LogP contribution in [0.3, 0.4) is 0 Å². The molecule has 4 rings (SSSR count). The largest absolute Gasteiger partial charge is 0.335 e. The SMILES string of the molecule is CC1CCCCN1C(=O)C1=NN(c2ccc(Cl)cc2Cl)C(c2ccc(Cl)cc2)C1. The molecule has 0 spiro atoms. The summed E-state index contributed by atoms with van der Waals surface area (Å²) in [7, 11) is 0. The lowest BCUT2D eigenvalue weighted by molar-refractivity contribution is -0.127. The number of likely N-dealkylation sites (tertiary alicyclic amines) is 1. The first kappa shape index (κ1) is 20.5. The third-order valence-corrected chi connectivity index (χ3v) is 6.42. The molecule has 152 valence electrons. The van der Waals surface area contributed by atoms with Gasteiger partial charge in [-0.1, -0.05) is 46.9 Å². The van der Waals surface area contributed by atoms with Crippen molar-refractivity contribution in [2.45, 2.75) is 44.7 Å². The molecule has 2 heterocycles. The van der Waals surface area contributed by atoms with Crippen molar-refractivity contribution >= 4 is 52.1 Å². The smallest absolute Gasteiger partial charge is 0.270 e. The molecule has 2 aliphatic heterocycles. The van der Waals surface area contributed by atoms with Crippen molar-refractivity contribution < 1.29 is 4.79 Å². The highest BCUT2D eigenvalue weighted by atomic mass is 35.5. The Hall–Kier alpha value is -1.75. The fraction of sp³-hybridized carbons (Fsp3) is 0.364. The van der Waals surface area contributed by atoms with Gasteiger partial charge < -0.3 is 4.90 Å². The van der Waals surface area contributed by atoms with Gasteiger partial charge in [-0.05, 0) is 62.1 Å². The van der Waals surface area contributed by atoms with E-state index in [4.69, 9.17) is 39.9 Å². The van der Waals surface area contributed by atoms with Gasteiger partial charge in [0.1, 0.15) is 5.71 Å². The number of hydrogen-bond donors (Lipinski definition) is 0. The zero-order valence-electron chi connectivity index (χ0n) is 16.1. The molecule has 0 saturated carbocycles. The summed E-state index contributed by atoms with van der Waals surface area (Å²) in [6.07, 6.45) is 3.75. The van der Waals surface area contributed by atoms with Crippen molar-refractivity contribution in [1.29, 1.82) is 0 Å². The van der Waals surface area contributed by atoms with Gasteiger partial charge in [-0.3, -0.25) is 9.80 Å². The molecule has 2 aromatic carbocycles. The van der Waals surface area contributed by atoms with Crippen LogP contribution in [0.25, 0.3) is 0 Å². The van der Waals surface area contributed by atoms with Crippen LogP contribution in [0.2, 0.25) is 15.1 Å². The standard InChI is InChI=1S/C22H22Cl3N3O/c1-14-4-2-3-11-27(14)22(29)19-13-21(15-5-7-16(23)8-6-15)28(26-19)20-10-9-17(24)12-18(20)25/h5-10,12,14,21H,2-4,11,13H2,1H3. The van der Waals surface area contributed by atoms with E-state index in [1.54, 1.807) is 12.1 Å². The van der Waals surface area contributed by atoms with Gasteiger partial charge >= 0.3 is 0 Å². The van der Waals surface area contributed by atoms with Crippen LogP contribution in [0.4, 0.5) is 5.69 Å². The lowest BCUT2D eigenvalue weighted by atomic mass is 9.99. The van der Waals surface area contributed by atoms with Gasteiger partial charge in [0.05, 0.1) is 16.8 Å². The second kappa shape index (κ2) is 8.55. The van der Waals surface area contributed by atoms with Crippen LogP contribution in [-0.4, -0.2) is 29.1 Å². The minimum Gasteiger partial charge on any atom is -0.335 e. The topological polar surface area (TPSA) is 35.9 Å². The van der Waals surface area contributed by atoms with Crippen molar-refractivity contribution in [1.82, 2.24) is 4.90 Å². The van der Waals surface area contributed by atoms with Gasteiger partial charge in [0, 0.05) is 29.1 Å². The third kappa shape index (κ3) is 4.25. The van der Waals surface area contributed by atoms with Crippen molar-refractivity contribution in [2.75, 3.05) is 11.6 Å². The number of hydrogen-bond acceptors (Lipinski definition) is 3. The fourth-order valence-corrected chi connectivity index (χ4v) is 4.66. The minimum absolute atomic E-state index is 0.0174. The Morgan fingerprint density at radius 3 is 2.45 bits per heavy atom. The average molecular weight is 451 g/mol. The molecule has 0 bridgehead atoms. The van der Waals surface area contributed by atoms with E-state index in [0.717, 1.165) is 37.1 Å². The Labute approximate surface area is 186 Å². The number of rotatable bonds is 3. The monoisotopic (exact) mass is 449 g/mol. The number of piperidine rings is 1. The minimum atomic E-state index is -0.134. The summed E-state index contributed by atoms with van der Waals surface area (Å²) in [6, 6.07) is 13.1. The first-order chi connectivity index (χ1) is 13.9. The molecule has 0 aromatic heterocycles.